The predicted octanol–water partition coefficient (Wildman–Crippen LogP) is 1.75. The van der Waals surface area contributed by atoms with Gasteiger partial charge in [0, 0.05) is 29.3 Å². The number of hydrogen-bond acceptors (Lipinski definition) is 4. The molecule has 1 aromatic rings. The first kappa shape index (κ1) is 13.8. The molecule has 0 saturated heterocycles. The maximum atomic E-state index is 11.8. The number of non-ortho nitro benzene ring substituents is 1. The van der Waals surface area contributed by atoms with Crippen LogP contribution in [0.15, 0.2) is 18.2 Å². The highest BCUT2D eigenvalue weighted by atomic mass is 35.5. The molecule has 19 heavy (non-hydrogen) atoms. The highest BCUT2D eigenvalue weighted by Gasteiger charge is 2.29. The van der Waals surface area contributed by atoms with Gasteiger partial charge < -0.3 is 10.4 Å². The first-order valence-corrected chi connectivity index (χ1v) is 6.26. The highest BCUT2D eigenvalue weighted by Crippen LogP contribution is 2.32. The summed E-state index contributed by atoms with van der Waals surface area (Å²) in [5.74, 6) is -0.223. The van der Waals surface area contributed by atoms with Crippen molar-refractivity contribution in [3.63, 3.8) is 0 Å². The van der Waals surface area contributed by atoms with Crippen molar-refractivity contribution in [1.29, 1.82) is 0 Å². The van der Waals surface area contributed by atoms with E-state index in [1.807, 2.05) is 0 Å². The largest absolute Gasteiger partial charge is 0.391 e. The van der Waals surface area contributed by atoms with Gasteiger partial charge >= 0.3 is 0 Å². The number of amides is 1. The van der Waals surface area contributed by atoms with Gasteiger partial charge in [0.05, 0.1) is 11.0 Å². The van der Waals surface area contributed by atoms with Crippen LogP contribution >= 0.6 is 11.6 Å². The number of nitro groups is 1. The number of nitro benzene ring substituents is 1. The lowest BCUT2D eigenvalue weighted by Gasteiger charge is -2.10. The van der Waals surface area contributed by atoms with E-state index in [1.54, 1.807) is 0 Å². The van der Waals surface area contributed by atoms with Gasteiger partial charge in [0.1, 0.15) is 0 Å². The van der Waals surface area contributed by atoms with E-state index in [9.17, 15) is 20.0 Å². The quantitative estimate of drug-likeness (QED) is 0.636. The number of nitrogens with zero attached hydrogens (tertiary/aromatic N) is 1. The average molecular weight is 285 g/mol. The van der Waals surface area contributed by atoms with E-state index < -0.39 is 16.9 Å². The van der Waals surface area contributed by atoms with Crippen LogP contribution in [0.4, 0.5) is 5.69 Å². The second-order valence-corrected chi connectivity index (χ2v) is 5.01. The Bertz CT molecular complexity index is 516. The van der Waals surface area contributed by atoms with Crippen LogP contribution in [0, 0.1) is 16.0 Å². The van der Waals surface area contributed by atoms with Gasteiger partial charge in [-0.3, -0.25) is 14.9 Å². The molecule has 1 fully saturated rings. The van der Waals surface area contributed by atoms with Gasteiger partial charge in [-0.25, -0.2) is 0 Å². The van der Waals surface area contributed by atoms with E-state index in [2.05, 4.69) is 5.32 Å². The smallest absolute Gasteiger partial charge is 0.271 e. The first-order valence-electron chi connectivity index (χ1n) is 5.88. The molecule has 6 nitrogen and oxygen atoms in total. The van der Waals surface area contributed by atoms with E-state index in [-0.39, 0.29) is 28.7 Å². The van der Waals surface area contributed by atoms with Crippen LogP contribution in [0.1, 0.15) is 23.2 Å². The summed E-state index contributed by atoms with van der Waals surface area (Å²) < 4.78 is 0. The molecule has 1 aliphatic rings. The minimum absolute atomic E-state index is 0.113. The molecule has 1 saturated carbocycles. The number of aliphatic hydroxyl groups excluding tert-OH is 1. The molecule has 0 spiro atoms. The zero-order chi connectivity index (χ0) is 14.0. The number of benzene rings is 1. The number of nitrogens with one attached hydrogen (secondary N) is 1. The summed E-state index contributed by atoms with van der Waals surface area (Å²) in [5, 5.41) is 23.0. The minimum Gasteiger partial charge on any atom is -0.391 e. The Morgan fingerprint density at radius 3 is 2.79 bits per heavy atom. The first-order chi connectivity index (χ1) is 8.97. The zero-order valence-electron chi connectivity index (χ0n) is 10.0. The number of aliphatic hydroxyl groups is 1. The molecule has 1 aromatic carbocycles. The number of carbonyl (C=O) groups excluding carboxylic acids is 1. The van der Waals surface area contributed by atoms with Crippen molar-refractivity contribution in [2.45, 2.75) is 18.9 Å². The Hall–Kier alpha value is -1.66. The van der Waals surface area contributed by atoms with Crippen LogP contribution in [0.5, 0.6) is 0 Å². The molecule has 1 atom stereocenters. The second-order valence-electron chi connectivity index (χ2n) is 4.57. The molecule has 1 amide bonds. The third kappa shape index (κ3) is 3.65. The molecule has 2 N–H and O–H groups in total. The van der Waals surface area contributed by atoms with Crippen molar-refractivity contribution in [3.05, 3.63) is 38.9 Å². The minimum atomic E-state index is -0.609. The fraction of sp³-hybridized carbons (Fsp3) is 0.417. The molecule has 2 rings (SSSR count). The van der Waals surface area contributed by atoms with Crippen LogP contribution in [0.25, 0.3) is 0 Å². The van der Waals surface area contributed by atoms with Crippen LogP contribution in [-0.2, 0) is 0 Å². The Kier molecular flexibility index (Phi) is 4.01. The summed E-state index contributed by atoms with van der Waals surface area (Å²) in [6.45, 7) is 0.143. The van der Waals surface area contributed by atoms with Crippen molar-refractivity contribution in [3.8, 4) is 0 Å². The van der Waals surface area contributed by atoms with Crippen molar-refractivity contribution in [2.24, 2.45) is 5.92 Å². The Balaban J connectivity index is 2.03. The molecular weight excluding hydrogens is 272 g/mol. The SMILES string of the molecule is O=C(NCC(O)C1CC1)c1cc(Cl)cc([N+](=O)[O-])c1. The highest BCUT2D eigenvalue weighted by molar-refractivity contribution is 6.31. The van der Waals surface area contributed by atoms with Gasteiger partial charge in [0.25, 0.3) is 11.6 Å². The summed E-state index contributed by atoms with van der Waals surface area (Å²) in [4.78, 5) is 21.9. The van der Waals surface area contributed by atoms with Crippen LogP contribution < -0.4 is 5.32 Å². The van der Waals surface area contributed by atoms with E-state index >= 15 is 0 Å². The van der Waals surface area contributed by atoms with Gasteiger partial charge in [0.2, 0.25) is 0 Å². The third-order valence-corrected chi connectivity index (χ3v) is 3.21. The molecular formula is C12H13ClN2O4. The van der Waals surface area contributed by atoms with Crippen molar-refractivity contribution >= 4 is 23.2 Å². The van der Waals surface area contributed by atoms with Gasteiger partial charge in [0.15, 0.2) is 0 Å². The molecule has 102 valence electrons. The monoisotopic (exact) mass is 284 g/mol. The van der Waals surface area contributed by atoms with Crippen molar-refractivity contribution < 1.29 is 14.8 Å². The lowest BCUT2D eigenvalue weighted by molar-refractivity contribution is -0.384. The Labute approximate surface area is 114 Å². The van der Waals surface area contributed by atoms with Crippen LogP contribution in [0.3, 0.4) is 0 Å². The molecule has 0 heterocycles. The number of halogens is 1. The summed E-state index contributed by atoms with van der Waals surface area (Å²) in [6, 6.07) is 3.69. The van der Waals surface area contributed by atoms with E-state index in [0.717, 1.165) is 18.9 Å². The van der Waals surface area contributed by atoms with Gasteiger partial charge in [-0.1, -0.05) is 11.6 Å². The molecule has 7 heteroatoms. The van der Waals surface area contributed by atoms with Crippen molar-refractivity contribution in [2.75, 3.05) is 6.54 Å². The molecule has 0 bridgehead atoms. The fourth-order valence-corrected chi connectivity index (χ4v) is 1.99. The fourth-order valence-electron chi connectivity index (χ4n) is 1.76. The average Bonchev–Trinajstić information content (AvgIpc) is 3.18. The van der Waals surface area contributed by atoms with Gasteiger partial charge in [-0.15, -0.1) is 0 Å². The molecule has 0 aromatic heterocycles. The maximum absolute atomic E-state index is 11.8. The normalized spacial score (nSPS) is 15.9. The maximum Gasteiger partial charge on any atom is 0.271 e. The summed E-state index contributed by atoms with van der Waals surface area (Å²) in [5.41, 5.74) is -0.123. The topological polar surface area (TPSA) is 92.5 Å². The van der Waals surface area contributed by atoms with E-state index in [1.165, 1.54) is 12.1 Å². The number of hydrogen-bond donors (Lipinski definition) is 2. The molecule has 1 aliphatic carbocycles. The molecule has 0 radical (unpaired) electrons. The second kappa shape index (κ2) is 5.54. The van der Waals surface area contributed by atoms with Crippen LogP contribution in [0.2, 0.25) is 5.02 Å². The molecule has 1 unspecified atom stereocenters. The lowest BCUT2D eigenvalue weighted by Crippen LogP contribution is -2.33. The van der Waals surface area contributed by atoms with E-state index in [4.69, 9.17) is 11.6 Å². The van der Waals surface area contributed by atoms with Gasteiger partial charge in [-0.2, -0.15) is 0 Å². The summed E-state index contributed by atoms with van der Waals surface area (Å²) in [6.07, 6.45) is 1.39. The summed E-state index contributed by atoms with van der Waals surface area (Å²) in [7, 11) is 0. The summed E-state index contributed by atoms with van der Waals surface area (Å²) >= 11 is 5.73. The number of rotatable bonds is 5. The number of carbonyl (C=O) groups is 1. The Morgan fingerprint density at radius 2 is 2.21 bits per heavy atom. The van der Waals surface area contributed by atoms with Crippen LogP contribution in [-0.4, -0.2) is 28.6 Å². The standard InChI is InChI=1S/C12H13ClN2O4/c13-9-3-8(4-10(5-9)15(18)19)12(17)14-6-11(16)7-1-2-7/h3-5,7,11,16H,1-2,6H2,(H,14,17). The van der Waals surface area contributed by atoms with Gasteiger partial charge in [-0.05, 0) is 24.8 Å². The molecule has 0 aliphatic heterocycles. The lowest BCUT2D eigenvalue weighted by atomic mass is 10.1. The van der Waals surface area contributed by atoms with E-state index in [0.29, 0.717) is 0 Å². The third-order valence-electron chi connectivity index (χ3n) is 2.99. The predicted molar refractivity (Wildman–Crippen MR) is 69.2 cm³/mol. The van der Waals surface area contributed by atoms with Crippen molar-refractivity contribution in [1.82, 2.24) is 5.32 Å². The Morgan fingerprint density at radius 1 is 1.53 bits per heavy atom. The zero-order valence-corrected chi connectivity index (χ0v) is 10.8.